The van der Waals surface area contributed by atoms with Crippen LogP contribution in [0.2, 0.25) is 0 Å². The van der Waals surface area contributed by atoms with E-state index in [2.05, 4.69) is 39.4 Å². The van der Waals surface area contributed by atoms with Crippen LogP contribution in [0, 0.1) is 12.8 Å². The van der Waals surface area contributed by atoms with Gasteiger partial charge in [-0.2, -0.15) is 5.10 Å². The zero-order valence-corrected chi connectivity index (χ0v) is 16.1. The van der Waals surface area contributed by atoms with E-state index in [0.29, 0.717) is 0 Å². The van der Waals surface area contributed by atoms with E-state index in [-0.39, 0.29) is 0 Å². The molecular formula is C22H23N5O. The first-order valence-corrected chi connectivity index (χ1v) is 9.62. The van der Waals surface area contributed by atoms with Crippen LogP contribution in [-0.4, -0.2) is 26.4 Å². The lowest BCUT2D eigenvalue weighted by Gasteiger charge is -2.13. The number of nitrogens with zero attached hydrogens (tertiary/aromatic N) is 4. The van der Waals surface area contributed by atoms with Gasteiger partial charge in [0.05, 0.1) is 30.5 Å². The average molecular weight is 373 g/mol. The summed E-state index contributed by atoms with van der Waals surface area (Å²) in [6, 6.07) is 12.3. The van der Waals surface area contributed by atoms with Gasteiger partial charge in [-0.1, -0.05) is 12.1 Å². The number of anilines is 2. The van der Waals surface area contributed by atoms with Crippen molar-refractivity contribution in [2.75, 3.05) is 12.4 Å². The van der Waals surface area contributed by atoms with Crippen LogP contribution in [0.3, 0.4) is 0 Å². The number of fused-ring (bicyclic) bond motifs is 1. The summed E-state index contributed by atoms with van der Waals surface area (Å²) in [5.74, 6) is 1.59. The highest BCUT2D eigenvalue weighted by molar-refractivity contribution is 5.92. The van der Waals surface area contributed by atoms with Crippen LogP contribution in [0.4, 0.5) is 11.4 Å². The van der Waals surface area contributed by atoms with Crippen LogP contribution in [0.1, 0.15) is 18.5 Å². The average Bonchev–Trinajstić information content (AvgIpc) is 3.24. The molecular weight excluding hydrogens is 350 g/mol. The molecule has 0 amide bonds. The Balaban J connectivity index is 1.46. The molecule has 6 nitrogen and oxygen atoms in total. The molecule has 5 rings (SSSR count). The summed E-state index contributed by atoms with van der Waals surface area (Å²) >= 11 is 0. The van der Waals surface area contributed by atoms with Gasteiger partial charge in [-0.3, -0.25) is 4.68 Å². The van der Waals surface area contributed by atoms with Crippen LogP contribution in [0.5, 0.6) is 5.75 Å². The number of methoxy groups -OCH3 is 1. The Bertz CT molecular complexity index is 1140. The SMILES string of the molecule is COc1cc(Nc2cccc3cn(CC4CC4)nc23)ccc1-n1cnc(C)c1. The Morgan fingerprint density at radius 3 is 2.82 bits per heavy atom. The van der Waals surface area contributed by atoms with Gasteiger partial charge in [-0.05, 0) is 43.9 Å². The zero-order valence-electron chi connectivity index (χ0n) is 16.1. The third kappa shape index (κ3) is 3.22. The molecule has 2 heterocycles. The summed E-state index contributed by atoms with van der Waals surface area (Å²) in [5, 5.41) is 9.47. The fraction of sp³-hybridized carbons (Fsp3) is 0.273. The Hall–Kier alpha value is -3.28. The molecule has 1 aliphatic rings. The molecule has 1 fully saturated rings. The van der Waals surface area contributed by atoms with Crippen LogP contribution in [0.15, 0.2) is 55.1 Å². The first-order valence-electron chi connectivity index (χ1n) is 9.62. The molecule has 2 aromatic carbocycles. The van der Waals surface area contributed by atoms with Crippen molar-refractivity contribution < 1.29 is 4.74 Å². The van der Waals surface area contributed by atoms with Gasteiger partial charge in [-0.15, -0.1) is 0 Å². The quantitative estimate of drug-likeness (QED) is 0.533. The van der Waals surface area contributed by atoms with Crippen LogP contribution in [0.25, 0.3) is 16.6 Å². The Morgan fingerprint density at radius 2 is 2.07 bits per heavy atom. The summed E-state index contributed by atoms with van der Waals surface area (Å²) in [7, 11) is 1.69. The number of nitrogens with one attached hydrogen (secondary N) is 1. The van der Waals surface area contributed by atoms with Crippen molar-refractivity contribution in [1.82, 2.24) is 19.3 Å². The largest absolute Gasteiger partial charge is 0.494 e. The van der Waals surface area contributed by atoms with Gasteiger partial charge in [0.2, 0.25) is 0 Å². The van der Waals surface area contributed by atoms with Gasteiger partial charge in [0, 0.05) is 36.1 Å². The maximum absolute atomic E-state index is 5.62. The van der Waals surface area contributed by atoms with Crippen LogP contribution in [-0.2, 0) is 6.54 Å². The van der Waals surface area contributed by atoms with E-state index >= 15 is 0 Å². The van der Waals surface area contributed by atoms with E-state index < -0.39 is 0 Å². The van der Waals surface area contributed by atoms with E-state index in [1.54, 1.807) is 13.4 Å². The molecule has 2 aromatic heterocycles. The summed E-state index contributed by atoms with van der Waals surface area (Å²) in [4.78, 5) is 4.30. The zero-order chi connectivity index (χ0) is 19.1. The fourth-order valence-electron chi connectivity index (χ4n) is 3.53. The third-order valence-corrected chi connectivity index (χ3v) is 5.17. The molecule has 0 spiro atoms. The third-order valence-electron chi connectivity index (χ3n) is 5.17. The number of rotatable bonds is 6. The second kappa shape index (κ2) is 6.71. The molecule has 1 saturated carbocycles. The lowest BCUT2D eigenvalue weighted by Crippen LogP contribution is -2.00. The predicted molar refractivity (Wildman–Crippen MR) is 111 cm³/mol. The first-order chi connectivity index (χ1) is 13.7. The Labute approximate surface area is 163 Å². The molecule has 0 saturated heterocycles. The minimum absolute atomic E-state index is 0.786. The van der Waals surface area contributed by atoms with Gasteiger partial charge >= 0.3 is 0 Å². The topological polar surface area (TPSA) is 56.9 Å². The number of hydrogen-bond donors (Lipinski definition) is 1. The van der Waals surface area contributed by atoms with Gasteiger partial charge in [0.1, 0.15) is 11.3 Å². The highest BCUT2D eigenvalue weighted by Crippen LogP contribution is 2.33. The summed E-state index contributed by atoms with van der Waals surface area (Å²) in [6.45, 7) is 2.99. The van der Waals surface area contributed by atoms with Gasteiger partial charge in [0.25, 0.3) is 0 Å². The van der Waals surface area contributed by atoms with Gasteiger partial charge in [-0.25, -0.2) is 4.98 Å². The predicted octanol–water partition coefficient (Wildman–Crippen LogP) is 4.69. The van der Waals surface area contributed by atoms with Crippen molar-refractivity contribution in [2.45, 2.75) is 26.3 Å². The molecule has 0 unspecified atom stereocenters. The van der Waals surface area contributed by atoms with E-state index in [1.807, 2.05) is 35.9 Å². The van der Waals surface area contributed by atoms with Crippen molar-refractivity contribution in [2.24, 2.45) is 5.92 Å². The minimum atomic E-state index is 0.786. The van der Waals surface area contributed by atoms with E-state index in [0.717, 1.165) is 51.9 Å². The highest BCUT2D eigenvalue weighted by atomic mass is 16.5. The molecule has 1 aliphatic carbocycles. The van der Waals surface area contributed by atoms with Crippen molar-refractivity contribution in [3.05, 3.63) is 60.8 Å². The lowest BCUT2D eigenvalue weighted by molar-refractivity contribution is 0.413. The number of aromatic nitrogens is 4. The summed E-state index contributed by atoms with van der Waals surface area (Å²) in [6.07, 6.45) is 8.57. The number of hydrogen-bond acceptors (Lipinski definition) is 4. The van der Waals surface area contributed by atoms with Gasteiger partial charge < -0.3 is 14.6 Å². The second-order valence-corrected chi connectivity index (χ2v) is 7.47. The van der Waals surface area contributed by atoms with Crippen molar-refractivity contribution >= 4 is 22.3 Å². The standard InChI is InChI=1S/C22H23N5O/c1-15-11-26(14-23-15)20-9-8-18(10-21(20)28-2)24-19-5-3-4-17-13-27(25-22(17)19)12-16-6-7-16/h3-5,8-11,13-14,16,24H,6-7,12H2,1-2H3. The van der Waals surface area contributed by atoms with E-state index in [9.17, 15) is 0 Å². The van der Waals surface area contributed by atoms with Crippen molar-refractivity contribution in [3.63, 3.8) is 0 Å². The molecule has 1 N–H and O–H groups in total. The van der Waals surface area contributed by atoms with Crippen LogP contribution < -0.4 is 10.1 Å². The Morgan fingerprint density at radius 1 is 1.18 bits per heavy atom. The Kier molecular flexibility index (Phi) is 4.04. The highest BCUT2D eigenvalue weighted by Gasteiger charge is 2.22. The molecule has 0 radical (unpaired) electrons. The summed E-state index contributed by atoms with van der Waals surface area (Å²) < 4.78 is 9.67. The minimum Gasteiger partial charge on any atom is -0.494 e. The van der Waals surface area contributed by atoms with E-state index in [4.69, 9.17) is 9.84 Å². The normalized spacial score (nSPS) is 13.8. The number of benzene rings is 2. The number of imidazole rings is 1. The first kappa shape index (κ1) is 16.9. The number of ether oxygens (including phenoxy) is 1. The molecule has 0 aliphatic heterocycles. The molecule has 28 heavy (non-hydrogen) atoms. The molecule has 0 atom stereocenters. The van der Waals surface area contributed by atoms with Crippen molar-refractivity contribution in [1.29, 1.82) is 0 Å². The molecule has 0 bridgehead atoms. The lowest BCUT2D eigenvalue weighted by atomic mass is 10.2. The van der Waals surface area contributed by atoms with E-state index in [1.165, 1.54) is 12.8 Å². The smallest absolute Gasteiger partial charge is 0.144 e. The summed E-state index contributed by atoms with van der Waals surface area (Å²) in [5.41, 5.74) is 4.89. The van der Waals surface area contributed by atoms with Crippen molar-refractivity contribution in [3.8, 4) is 11.4 Å². The molecule has 6 heteroatoms. The maximum atomic E-state index is 5.62. The van der Waals surface area contributed by atoms with Gasteiger partial charge in [0.15, 0.2) is 0 Å². The maximum Gasteiger partial charge on any atom is 0.144 e. The molecule has 142 valence electrons. The molecule has 4 aromatic rings. The fourth-order valence-corrected chi connectivity index (χ4v) is 3.53. The van der Waals surface area contributed by atoms with Crippen LogP contribution >= 0.6 is 0 Å². The monoisotopic (exact) mass is 373 g/mol. The number of aryl methyl sites for hydroxylation is 1. The second-order valence-electron chi connectivity index (χ2n) is 7.47.